The molecule has 0 aliphatic rings. The summed E-state index contributed by atoms with van der Waals surface area (Å²) in [5, 5.41) is 8.62. The second-order valence-corrected chi connectivity index (χ2v) is 3.52. The fourth-order valence-corrected chi connectivity index (χ4v) is 1.50. The molecule has 0 aromatic heterocycles. The molecule has 1 N–H and O–H groups in total. The van der Waals surface area contributed by atoms with Crippen LogP contribution in [0.4, 0.5) is 0 Å². The van der Waals surface area contributed by atoms with Crippen LogP contribution in [0.1, 0.15) is 30.6 Å². The lowest BCUT2D eigenvalue weighted by molar-refractivity contribution is -0.135. The normalized spacial score (nSPS) is 9.89. The molecule has 5 heteroatoms. The van der Waals surface area contributed by atoms with E-state index in [1.165, 1.54) is 6.07 Å². The van der Waals surface area contributed by atoms with Crippen molar-refractivity contribution in [3.05, 3.63) is 23.8 Å². The first-order valence-electron chi connectivity index (χ1n) is 5.73. The summed E-state index contributed by atoms with van der Waals surface area (Å²) in [6, 6.07) is 4.75. The van der Waals surface area contributed by atoms with Gasteiger partial charge in [0.05, 0.1) is 18.8 Å². The van der Waals surface area contributed by atoms with E-state index in [0.29, 0.717) is 24.7 Å². The molecular formula is C13H16O5. The first-order valence-corrected chi connectivity index (χ1v) is 5.73. The van der Waals surface area contributed by atoms with Crippen molar-refractivity contribution in [1.82, 2.24) is 0 Å². The minimum Gasteiger partial charge on any atom is -0.494 e. The van der Waals surface area contributed by atoms with Gasteiger partial charge in [-0.1, -0.05) is 0 Å². The molecule has 98 valence electrons. The number of aliphatic carboxylic acids is 1. The first-order chi connectivity index (χ1) is 8.58. The van der Waals surface area contributed by atoms with E-state index in [1.807, 2.05) is 6.92 Å². The minimum absolute atomic E-state index is 0.266. The van der Waals surface area contributed by atoms with Gasteiger partial charge in [0.2, 0.25) is 0 Å². The number of carboxylic acid groups (broad SMARTS) is 1. The summed E-state index contributed by atoms with van der Waals surface area (Å²) in [6.45, 7) is 4.54. The molecule has 18 heavy (non-hydrogen) atoms. The van der Waals surface area contributed by atoms with E-state index in [-0.39, 0.29) is 5.56 Å². The molecule has 0 aliphatic heterocycles. The van der Waals surface area contributed by atoms with Crippen LogP contribution < -0.4 is 9.47 Å². The molecule has 0 amide bonds. The molecule has 0 fully saturated rings. The average Bonchev–Trinajstić information content (AvgIpc) is 2.29. The second-order valence-electron chi connectivity index (χ2n) is 3.52. The molecule has 0 heterocycles. The zero-order valence-electron chi connectivity index (χ0n) is 10.4. The van der Waals surface area contributed by atoms with Crippen molar-refractivity contribution >= 4 is 11.8 Å². The maximum Gasteiger partial charge on any atom is 0.311 e. The lowest BCUT2D eigenvalue weighted by Crippen LogP contribution is -2.09. The van der Waals surface area contributed by atoms with Crippen molar-refractivity contribution in [2.24, 2.45) is 0 Å². The second kappa shape index (κ2) is 6.64. The molecule has 1 rings (SSSR count). The van der Waals surface area contributed by atoms with Gasteiger partial charge < -0.3 is 14.6 Å². The van der Waals surface area contributed by atoms with Crippen LogP contribution in [0.5, 0.6) is 11.5 Å². The molecule has 0 saturated carbocycles. The maximum atomic E-state index is 11.7. The van der Waals surface area contributed by atoms with Crippen molar-refractivity contribution in [3.8, 4) is 11.5 Å². The van der Waals surface area contributed by atoms with Gasteiger partial charge in [-0.2, -0.15) is 0 Å². The highest BCUT2D eigenvalue weighted by atomic mass is 16.5. The van der Waals surface area contributed by atoms with Gasteiger partial charge >= 0.3 is 5.97 Å². The van der Waals surface area contributed by atoms with Gasteiger partial charge in [-0.3, -0.25) is 9.59 Å². The Morgan fingerprint density at radius 3 is 2.39 bits per heavy atom. The molecule has 5 nitrogen and oxygen atoms in total. The number of rotatable bonds is 7. The number of carbonyl (C=O) groups excluding carboxylic acids is 1. The van der Waals surface area contributed by atoms with Crippen molar-refractivity contribution < 1.29 is 24.2 Å². The number of hydrogen-bond donors (Lipinski definition) is 1. The van der Waals surface area contributed by atoms with Crippen molar-refractivity contribution in [1.29, 1.82) is 0 Å². The van der Waals surface area contributed by atoms with Crippen LogP contribution >= 0.6 is 0 Å². The molecule has 1 aromatic carbocycles. The fourth-order valence-electron chi connectivity index (χ4n) is 1.50. The molecule has 1 aromatic rings. The zero-order chi connectivity index (χ0) is 13.5. The third-order valence-electron chi connectivity index (χ3n) is 2.18. The molecule has 0 bridgehead atoms. The molecule has 0 aliphatic carbocycles. The Labute approximate surface area is 105 Å². The van der Waals surface area contributed by atoms with Gasteiger partial charge in [-0.05, 0) is 26.0 Å². The van der Waals surface area contributed by atoms with Crippen LogP contribution in [-0.2, 0) is 4.79 Å². The highest BCUT2D eigenvalue weighted by Gasteiger charge is 2.16. The van der Waals surface area contributed by atoms with Crippen LogP contribution in [0.25, 0.3) is 0 Å². The number of Topliss-reactive ketones (excluding diaryl/α,β-unsaturated/α-hetero) is 1. The van der Waals surface area contributed by atoms with Gasteiger partial charge in [0, 0.05) is 6.07 Å². The molecule has 0 radical (unpaired) electrons. The first kappa shape index (κ1) is 14.0. The summed E-state index contributed by atoms with van der Waals surface area (Å²) in [7, 11) is 0. The van der Waals surface area contributed by atoms with E-state index >= 15 is 0 Å². The minimum atomic E-state index is -1.16. The lowest BCUT2D eigenvalue weighted by atomic mass is 10.1. The number of carboxylic acids is 1. The van der Waals surface area contributed by atoms with E-state index in [2.05, 4.69) is 0 Å². The molecular weight excluding hydrogens is 236 g/mol. The zero-order valence-corrected chi connectivity index (χ0v) is 10.4. The van der Waals surface area contributed by atoms with E-state index in [9.17, 15) is 9.59 Å². The summed E-state index contributed by atoms with van der Waals surface area (Å²) in [6.07, 6.45) is -0.548. The van der Waals surface area contributed by atoms with E-state index < -0.39 is 18.2 Å². The smallest absolute Gasteiger partial charge is 0.311 e. The van der Waals surface area contributed by atoms with E-state index in [1.54, 1.807) is 19.1 Å². The van der Waals surface area contributed by atoms with E-state index in [0.717, 1.165) is 0 Å². The Morgan fingerprint density at radius 2 is 1.83 bits per heavy atom. The van der Waals surface area contributed by atoms with Crippen LogP contribution in [0, 0.1) is 0 Å². The van der Waals surface area contributed by atoms with Crippen LogP contribution in [-0.4, -0.2) is 30.1 Å². The van der Waals surface area contributed by atoms with Crippen molar-refractivity contribution in [2.75, 3.05) is 13.2 Å². The van der Waals surface area contributed by atoms with Crippen molar-refractivity contribution in [3.63, 3.8) is 0 Å². The van der Waals surface area contributed by atoms with Gasteiger partial charge in [-0.15, -0.1) is 0 Å². The van der Waals surface area contributed by atoms with Gasteiger partial charge in [0.15, 0.2) is 5.78 Å². The Kier molecular flexibility index (Phi) is 5.17. The largest absolute Gasteiger partial charge is 0.494 e. The molecule has 0 saturated heterocycles. The Hall–Kier alpha value is -2.04. The predicted molar refractivity (Wildman–Crippen MR) is 65.4 cm³/mol. The highest BCUT2D eigenvalue weighted by molar-refractivity contribution is 6.07. The van der Waals surface area contributed by atoms with Crippen LogP contribution in [0.3, 0.4) is 0 Å². The monoisotopic (exact) mass is 252 g/mol. The van der Waals surface area contributed by atoms with Crippen molar-refractivity contribution in [2.45, 2.75) is 20.3 Å². The summed E-state index contributed by atoms with van der Waals surface area (Å²) >= 11 is 0. The van der Waals surface area contributed by atoms with Crippen LogP contribution in [0.2, 0.25) is 0 Å². The molecule has 0 spiro atoms. The third kappa shape index (κ3) is 3.76. The maximum absolute atomic E-state index is 11.7. The predicted octanol–water partition coefficient (Wildman–Crippen LogP) is 2.14. The summed E-state index contributed by atoms with van der Waals surface area (Å²) < 4.78 is 10.6. The highest BCUT2D eigenvalue weighted by Crippen LogP contribution is 2.26. The summed E-state index contributed by atoms with van der Waals surface area (Å²) in [5.41, 5.74) is 0.266. The lowest BCUT2D eigenvalue weighted by Gasteiger charge is -2.11. The topological polar surface area (TPSA) is 72.8 Å². The SMILES string of the molecule is CCOc1ccc(C(=O)CC(=O)O)c(OCC)c1. The van der Waals surface area contributed by atoms with E-state index in [4.69, 9.17) is 14.6 Å². The van der Waals surface area contributed by atoms with Gasteiger partial charge in [-0.25, -0.2) is 0 Å². The summed E-state index contributed by atoms with van der Waals surface area (Å²) in [5.74, 6) is -0.687. The quantitative estimate of drug-likeness (QED) is 0.594. The van der Waals surface area contributed by atoms with Gasteiger partial charge in [0.25, 0.3) is 0 Å². The van der Waals surface area contributed by atoms with Gasteiger partial charge in [0.1, 0.15) is 17.9 Å². The molecule has 0 atom stereocenters. The third-order valence-corrected chi connectivity index (χ3v) is 2.18. The number of hydrogen-bond acceptors (Lipinski definition) is 4. The van der Waals surface area contributed by atoms with Crippen LogP contribution in [0.15, 0.2) is 18.2 Å². The number of ether oxygens (including phenoxy) is 2. The summed E-state index contributed by atoms with van der Waals surface area (Å²) in [4.78, 5) is 22.3. The number of carbonyl (C=O) groups is 2. The Balaban J connectivity index is 3.02. The number of benzene rings is 1. The average molecular weight is 252 g/mol. The number of ketones is 1. The fraction of sp³-hybridized carbons (Fsp3) is 0.385. The Morgan fingerprint density at radius 1 is 1.17 bits per heavy atom. The Bertz CT molecular complexity index is 439. The molecule has 0 unspecified atom stereocenters. The standard InChI is InChI=1S/C13H16O5/c1-3-17-9-5-6-10(11(14)8-13(15)16)12(7-9)18-4-2/h5-7H,3-4,8H2,1-2H3,(H,15,16).